The van der Waals surface area contributed by atoms with E-state index in [-0.39, 0.29) is 11.7 Å². The molecular formula is C14H11Cl2N3O2. The van der Waals surface area contributed by atoms with E-state index in [2.05, 4.69) is 10.3 Å². The van der Waals surface area contributed by atoms with Crippen LogP contribution in [0, 0.1) is 0 Å². The van der Waals surface area contributed by atoms with Gasteiger partial charge in [0.1, 0.15) is 0 Å². The molecule has 1 aromatic carbocycles. The van der Waals surface area contributed by atoms with Crippen LogP contribution in [-0.2, 0) is 0 Å². The van der Waals surface area contributed by atoms with Crippen LogP contribution in [0.25, 0.3) is 0 Å². The van der Waals surface area contributed by atoms with E-state index in [0.29, 0.717) is 34.8 Å². The monoisotopic (exact) mass is 323 g/mol. The molecular weight excluding hydrogens is 313 g/mol. The number of carbonyl (C=O) groups excluding carboxylic acids is 1. The van der Waals surface area contributed by atoms with Crippen LogP contribution in [0.1, 0.15) is 10.6 Å². The summed E-state index contributed by atoms with van der Waals surface area (Å²) in [5.41, 5.74) is 0.527. The van der Waals surface area contributed by atoms with Gasteiger partial charge in [-0.25, -0.2) is 0 Å². The van der Waals surface area contributed by atoms with E-state index in [9.17, 15) is 4.79 Å². The number of halogens is 2. The number of hydrogen-bond acceptors (Lipinski definition) is 4. The average molecular weight is 324 g/mol. The van der Waals surface area contributed by atoms with Crippen molar-refractivity contribution in [1.82, 2.24) is 4.90 Å². The predicted octanol–water partition coefficient (Wildman–Crippen LogP) is 3.51. The maximum Gasteiger partial charge on any atom is 0.296 e. The molecule has 2 aromatic rings. The van der Waals surface area contributed by atoms with E-state index in [1.54, 1.807) is 30.3 Å². The highest BCUT2D eigenvalue weighted by Gasteiger charge is 2.27. The van der Waals surface area contributed by atoms with E-state index in [0.717, 1.165) is 0 Å². The van der Waals surface area contributed by atoms with Crippen LogP contribution in [0.3, 0.4) is 0 Å². The predicted molar refractivity (Wildman–Crippen MR) is 82.1 cm³/mol. The molecule has 5 nitrogen and oxygen atoms in total. The SMILES string of the molecule is O=C(c1ccco1)N1CCN=C1Nc1c(Cl)cccc1Cl. The number of nitrogens with one attached hydrogen (secondary N) is 1. The van der Waals surface area contributed by atoms with Crippen molar-refractivity contribution in [3.8, 4) is 0 Å². The summed E-state index contributed by atoms with van der Waals surface area (Å²) in [6, 6.07) is 8.45. The molecule has 1 aliphatic rings. The first kappa shape index (κ1) is 14.0. The largest absolute Gasteiger partial charge is 0.459 e. The third-order valence-corrected chi connectivity index (χ3v) is 3.65. The van der Waals surface area contributed by atoms with Crippen molar-refractivity contribution in [3.05, 3.63) is 52.4 Å². The number of rotatable bonds is 2. The lowest BCUT2D eigenvalue weighted by atomic mass is 10.3. The minimum absolute atomic E-state index is 0.257. The van der Waals surface area contributed by atoms with Crippen molar-refractivity contribution >= 4 is 40.8 Å². The molecule has 0 atom stereocenters. The smallest absolute Gasteiger partial charge is 0.296 e. The molecule has 3 rings (SSSR count). The first-order valence-electron chi connectivity index (χ1n) is 6.27. The second-order valence-electron chi connectivity index (χ2n) is 4.36. The van der Waals surface area contributed by atoms with E-state index in [4.69, 9.17) is 27.6 Å². The van der Waals surface area contributed by atoms with Crippen molar-refractivity contribution in [2.24, 2.45) is 4.99 Å². The molecule has 21 heavy (non-hydrogen) atoms. The van der Waals surface area contributed by atoms with Gasteiger partial charge in [0.15, 0.2) is 5.76 Å². The normalized spacial score (nSPS) is 14.2. The number of aliphatic imine (C=N–C) groups is 1. The van der Waals surface area contributed by atoms with Gasteiger partial charge in [-0.1, -0.05) is 29.3 Å². The van der Waals surface area contributed by atoms with Gasteiger partial charge in [0.25, 0.3) is 5.91 Å². The third-order valence-electron chi connectivity index (χ3n) is 3.02. The van der Waals surface area contributed by atoms with Crippen molar-refractivity contribution in [1.29, 1.82) is 0 Å². The lowest BCUT2D eigenvalue weighted by molar-refractivity contribution is 0.0827. The number of nitrogens with zero attached hydrogens (tertiary/aromatic N) is 2. The standard InChI is InChI=1S/C14H11Cl2N3O2/c15-9-3-1-4-10(16)12(9)18-14-17-6-7-19(14)13(20)11-5-2-8-21-11/h1-5,8H,6-7H2,(H,17,18). The lowest BCUT2D eigenvalue weighted by Gasteiger charge is -2.19. The molecule has 0 fully saturated rings. The zero-order valence-electron chi connectivity index (χ0n) is 10.8. The summed E-state index contributed by atoms with van der Waals surface area (Å²) >= 11 is 12.2. The van der Waals surface area contributed by atoms with E-state index >= 15 is 0 Å². The van der Waals surface area contributed by atoms with Gasteiger partial charge in [-0.15, -0.1) is 0 Å². The highest BCUT2D eigenvalue weighted by molar-refractivity contribution is 6.39. The van der Waals surface area contributed by atoms with Crippen molar-refractivity contribution in [2.75, 3.05) is 18.4 Å². The molecule has 0 unspecified atom stereocenters. The van der Waals surface area contributed by atoms with Gasteiger partial charge >= 0.3 is 0 Å². The van der Waals surface area contributed by atoms with E-state index < -0.39 is 0 Å². The zero-order valence-corrected chi connectivity index (χ0v) is 12.4. The van der Waals surface area contributed by atoms with Gasteiger partial charge in [-0.05, 0) is 24.3 Å². The summed E-state index contributed by atoms with van der Waals surface area (Å²) in [5, 5.41) is 3.94. The number of carbonyl (C=O) groups is 1. The number of amides is 1. The number of anilines is 1. The Kier molecular flexibility index (Phi) is 3.86. The quantitative estimate of drug-likeness (QED) is 0.920. The molecule has 0 saturated heterocycles. The third kappa shape index (κ3) is 2.75. The Morgan fingerprint density at radius 2 is 2.00 bits per heavy atom. The van der Waals surface area contributed by atoms with Crippen LogP contribution >= 0.6 is 23.2 Å². The van der Waals surface area contributed by atoms with Gasteiger partial charge in [0.2, 0.25) is 5.96 Å². The molecule has 2 heterocycles. The molecule has 0 radical (unpaired) electrons. The molecule has 108 valence electrons. The van der Waals surface area contributed by atoms with Crippen LogP contribution in [0.15, 0.2) is 46.0 Å². The van der Waals surface area contributed by atoms with Gasteiger partial charge in [-0.2, -0.15) is 0 Å². The first-order chi connectivity index (χ1) is 10.2. The van der Waals surface area contributed by atoms with Crippen molar-refractivity contribution in [3.63, 3.8) is 0 Å². The van der Waals surface area contributed by atoms with Gasteiger partial charge in [0.05, 0.1) is 28.5 Å². The van der Waals surface area contributed by atoms with Gasteiger partial charge in [0, 0.05) is 6.54 Å². The summed E-state index contributed by atoms with van der Waals surface area (Å²) in [4.78, 5) is 18.1. The first-order valence-corrected chi connectivity index (χ1v) is 7.03. The summed E-state index contributed by atoms with van der Waals surface area (Å²) < 4.78 is 5.13. The second-order valence-corrected chi connectivity index (χ2v) is 5.18. The molecule has 0 aliphatic carbocycles. The molecule has 1 amide bonds. The minimum Gasteiger partial charge on any atom is -0.459 e. The zero-order chi connectivity index (χ0) is 14.8. The van der Waals surface area contributed by atoms with Crippen molar-refractivity contribution < 1.29 is 9.21 Å². The second kappa shape index (κ2) is 5.79. The number of furan rings is 1. The summed E-state index contributed by atoms with van der Waals surface area (Å²) in [6.45, 7) is 0.987. The van der Waals surface area contributed by atoms with E-state index in [1.165, 1.54) is 11.2 Å². The van der Waals surface area contributed by atoms with Crippen LogP contribution in [0.5, 0.6) is 0 Å². The van der Waals surface area contributed by atoms with Gasteiger partial charge < -0.3 is 9.73 Å². The summed E-state index contributed by atoms with van der Waals surface area (Å²) in [6.07, 6.45) is 1.46. The maximum absolute atomic E-state index is 12.3. The Morgan fingerprint density at radius 1 is 1.24 bits per heavy atom. The lowest BCUT2D eigenvalue weighted by Crippen LogP contribution is -2.38. The highest BCUT2D eigenvalue weighted by atomic mass is 35.5. The fraction of sp³-hybridized carbons (Fsp3) is 0.143. The fourth-order valence-corrected chi connectivity index (χ4v) is 2.51. The Morgan fingerprint density at radius 3 is 2.67 bits per heavy atom. The number of hydrogen-bond donors (Lipinski definition) is 1. The molecule has 1 aromatic heterocycles. The Bertz CT molecular complexity index is 678. The molecule has 0 spiro atoms. The number of para-hydroxylation sites is 1. The minimum atomic E-state index is -0.257. The molecule has 0 bridgehead atoms. The number of guanidine groups is 1. The summed E-state index contributed by atoms with van der Waals surface area (Å²) in [7, 11) is 0. The molecule has 1 aliphatic heterocycles. The molecule has 0 saturated carbocycles. The summed E-state index contributed by atoms with van der Waals surface area (Å²) in [5.74, 6) is 0.412. The average Bonchev–Trinajstić information content (AvgIpc) is 3.13. The van der Waals surface area contributed by atoms with Gasteiger partial charge in [-0.3, -0.25) is 14.7 Å². The van der Waals surface area contributed by atoms with Crippen LogP contribution in [-0.4, -0.2) is 29.9 Å². The van der Waals surface area contributed by atoms with Crippen LogP contribution in [0.2, 0.25) is 10.0 Å². The maximum atomic E-state index is 12.3. The van der Waals surface area contributed by atoms with Crippen molar-refractivity contribution in [2.45, 2.75) is 0 Å². The Labute approximate surface area is 131 Å². The fourth-order valence-electron chi connectivity index (χ4n) is 2.01. The topological polar surface area (TPSA) is 57.8 Å². The van der Waals surface area contributed by atoms with Crippen LogP contribution < -0.4 is 5.32 Å². The molecule has 7 heteroatoms. The molecule has 1 N–H and O–H groups in total. The Balaban J connectivity index is 1.84. The highest BCUT2D eigenvalue weighted by Crippen LogP contribution is 2.30. The Hall–Kier alpha value is -1.98. The number of benzene rings is 1. The van der Waals surface area contributed by atoms with E-state index in [1.807, 2.05) is 0 Å². The van der Waals surface area contributed by atoms with Crippen LogP contribution in [0.4, 0.5) is 5.69 Å².